The zero-order valence-corrected chi connectivity index (χ0v) is 13.1. The van der Waals surface area contributed by atoms with E-state index in [1.165, 1.54) is 0 Å². The molecule has 0 spiro atoms. The van der Waals surface area contributed by atoms with E-state index in [4.69, 9.17) is 26.8 Å². The summed E-state index contributed by atoms with van der Waals surface area (Å²) in [5, 5.41) is 0.758. The summed E-state index contributed by atoms with van der Waals surface area (Å²) in [5.74, 6) is 2.10. The molecule has 2 N–H and O–H groups in total. The second-order valence-electron chi connectivity index (χ2n) is 4.76. The fraction of sp³-hybridized carbons (Fsp3) is 0.294. The van der Waals surface area contributed by atoms with Crippen molar-refractivity contribution in [2.45, 2.75) is 26.7 Å². The van der Waals surface area contributed by atoms with Gasteiger partial charge in [0.15, 0.2) is 0 Å². The van der Waals surface area contributed by atoms with Crippen LogP contribution in [0.25, 0.3) is 0 Å². The Hall–Kier alpha value is -1.87. The van der Waals surface area contributed by atoms with E-state index in [2.05, 4.69) is 13.8 Å². The van der Waals surface area contributed by atoms with Crippen LogP contribution in [-0.2, 0) is 6.42 Å². The highest BCUT2D eigenvalue weighted by molar-refractivity contribution is 6.31. The fourth-order valence-electron chi connectivity index (χ4n) is 1.94. The topological polar surface area (TPSA) is 44.5 Å². The predicted octanol–water partition coefficient (Wildman–Crippen LogP) is 5.07. The van der Waals surface area contributed by atoms with Gasteiger partial charge >= 0.3 is 0 Å². The molecule has 0 aromatic heterocycles. The van der Waals surface area contributed by atoms with Crippen molar-refractivity contribution in [2.24, 2.45) is 0 Å². The molecule has 0 aliphatic carbocycles. The molecule has 0 radical (unpaired) electrons. The van der Waals surface area contributed by atoms with Gasteiger partial charge < -0.3 is 15.2 Å². The molecule has 112 valence electrons. The van der Waals surface area contributed by atoms with E-state index < -0.39 is 0 Å². The van der Waals surface area contributed by atoms with Gasteiger partial charge in [-0.3, -0.25) is 0 Å². The summed E-state index contributed by atoms with van der Waals surface area (Å²) in [5.41, 5.74) is 7.57. The van der Waals surface area contributed by atoms with E-state index in [0.29, 0.717) is 23.8 Å². The fourth-order valence-corrected chi connectivity index (χ4v) is 2.19. The zero-order valence-electron chi connectivity index (χ0n) is 12.4. The number of halogens is 1. The molecule has 0 aliphatic heterocycles. The maximum atomic E-state index is 6.11. The Kier molecular flexibility index (Phi) is 5.34. The van der Waals surface area contributed by atoms with Crippen molar-refractivity contribution >= 4 is 17.3 Å². The molecule has 0 heterocycles. The highest BCUT2D eigenvalue weighted by atomic mass is 35.5. The first-order valence-electron chi connectivity index (χ1n) is 7.12. The van der Waals surface area contributed by atoms with Crippen LogP contribution in [0.4, 0.5) is 5.69 Å². The number of rotatable bonds is 6. The molecule has 3 nitrogen and oxygen atoms in total. The summed E-state index contributed by atoms with van der Waals surface area (Å²) in [7, 11) is 0. The van der Waals surface area contributed by atoms with Crippen molar-refractivity contribution in [3.8, 4) is 17.2 Å². The number of hydrogen-bond donors (Lipinski definition) is 1. The van der Waals surface area contributed by atoms with Crippen LogP contribution in [0.5, 0.6) is 17.2 Å². The van der Waals surface area contributed by atoms with Gasteiger partial charge in [0.2, 0.25) is 0 Å². The Bertz CT molecular complexity index is 614. The molecule has 21 heavy (non-hydrogen) atoms. The average Bonchev–Trinajstić information content (AvgIpc) is 2.49. The van der Waals surface area contributed by atoms with Crippen LogP contribution in [0.1, 0.15) is 25.8 Å². The number of benzene rings is 2. The first kappa shape index (κ1) is 15.5. The van der Waals surface area contributed by atoms with Crippen molar-refractivity contribution < 1.29 is 9.47 Å². The minimum Gasteiger partial charge on any atom is -0.491 e. The molecule has 2 aromatic carbocycles. The van der Waals surface area contributed by atoms with Crippen molar-refractivity contribution in [3.05, 3.63) is 47.0 Å². The molecule has 0 fully saturated rings. The van der Waals surface area contributed by atoms with Gasteiger partial charge in [-0.15, -0.1) is 0 Å². The van der Waals surface area contributed by atoms with Crippen LogP contribution in [0, 0.1) is 0 Å². The molecule has 2 aromatic rings. The van der Waals surface area contributed by atoms with Crippen LogP contribution in [-0.4, -0.2) is 6.61 Å². The third-order valence-corrected chi connectivity index (χ3v) is 3.45. The monoisotopic (exact) mass is 305 g/mol. The van der Waals surface area contributed by atoms with Gasteiger partial charge in [0.1, 0.15) is 17.2 Å². The molecule has 0 bridgehead atoms. The Morgan fingerprint density at radius 1 is 1.05 bits per heavy atom. The molecule has 4 heteroatoms. The smallest absolute Gasteiger partial charge is 0.145 e. The Morgan fingerprint density at radius 2 is 1.76 bits per heavy atom. The standard InChI is InChI=1S/C17H20ClNO2/c1-3-9-20-17-11-14(6-8-16(17)19)21-13-5-7-15(18)12(4-2)10-13/h5-8,10-11H,3-4,9,19H2,1-2H3. The molecule has 2 rings (SSSR count). The number of nitrogens with two attached hydrogens (primary N) is 1. The predicted molar refractivity (Wildman–Crippen MR) is 87.5 cm³/mol. The summed E-state index contributed by atoms with van der Waals surface area (Å²) in [4.78, 5) is 0. The van der Waals surface area contributed by atoms with Crippen LogP contribution in [0.3, 0.4) is 0 Å². The van der Waals surface area contributed by atoms with Crippen LogP contribution in [0.2, 0.25) is 5.02 Å². The second kappa shape index (κ2) is 7.23. The summed E-state index contributed by atoms with van der Waals surface area (Å²) >= 11 is 6.11. The molecule has 0 saturated carbocycles. The maximum Gasteiger partial charge on any atom is 0.145 e. The SMILES string of the molecule is CCCOc1cc(Oc2ccc(Cl)c(CC)c2)ccc1N. The molecule has 0 unspecified atom stereocenters. The molecular formula is C17H20ClNO2. The van der Waals surface area contributed by atoms with Gasteiger partial charge in [0.25, 0.3) is 0 Å². The first-order chi connectivity index (χ1) is 10.1. The van der Waals surface area contributed by atoms with E-state index >= 15 is 0 Å². The molecule has 0 aliphatic rings. The lowest BCUT2D eigenvalue weighted by Crippen LogP contribution is -1.99. The van der Waals surface area contributed by atoms with Crippen molar-refractivity contribution in [2.75, 3.05) is 12.3 Å². The number of nitrogen functional groups attached to an aromatic ring is 1. The normalized spacial score (nSPS) is 10.4. The van der Waals surface area contributed by atoms with Gasteiger partial charge in [-0.05, 0) is 48.7 Å². The second-order valence-corrected chi connectivity index (χ2v) is 5.16. The number of hydrogen-bond acceptors (Lipinski definition) is 3. The Balaban J connectivity index is 2.19. The summed E-state index contributed by atoms with van der Waals surface area (Å²) in [6.07, 6.45) is 1.80. The lowest BCUT2D eigenvalue weighted by atomic mass is 10.1. The molecule has 0 saturated heterocycles. The first-order valence-corrected chi connectivity index (χ1v) is 7.50. The van der Waals surface area contributed by atoms with E-state index in [1.54, 1.807) is 6.07 Å². The van der Waals surface area contributed by atoms with Crippen LogP contribution in [0.15, 0.2) is 36.4 Å². The lowest BCUT2D eigenvalue weighted by molar-refractivity contribution is 0.317. The summed E-state index contributed by atoms with van der Waals surface area (Å²) in [6.45, 7) is 4.75. The summed E-state index contributed by atoms with van der Waals surface area (Å²) < 4.78 is 11.5. The van der Waals surface area contributed by atoms with Gasteiger partial charge in [0.05, 0.1) is 12.3 Å². The zero-order chi connectivity index (χ0) is 15.2. The highest BCUT2D eigenvalue weighted by Crippen LogP contribution is 2.31. The Labute approximate surface area is 130 Å². The third kappa shape index (κ3) is 4.05. The minimum absolute atomic E-state index is 0.612. The van der Waals surface area contributed by atoms with E-state index in [9.17, 15) is 0 Å². The van der Waals surface area contributed by atoms with Crippen molar-refractivity contribution in [1.29, 1.82) is 0 Å². The minimum atomic E-state index is 0.612. The largest absolute Gasteiger partial charge is 0.491 e. The van der Waals surface area contributed by atoms with E-state index in [0.717, 1.165) is 29.2 Å². The van der Waals surface area contributed by atoms with Gasteiger partial charge in [-0.1, -0.05) is 25.4 Å². The average molecular weight is 306 g/mol. The quantitative estimate of drug-likeness (QED) is 0.758. The van der Waals surface area contributed by atoms with Gasteiger partial charge in [0, 0.05) is 11.1 Å². The third-order valence-electron chi connectivity index (χ3n) is 3.08. The molecule has 0 atom stereocenters. The van der Waals surface area contributed by atoms with Crippen molar-refractivity contribution in [1.82, 2.24) is 0 Å². The van der Waals surface area contributed by atoms with Crippen molar-refractivity contribution in [3.63, 3.8) is 0 Å². The summed E-state index contributed by atoms with van der Waals surface area (Å²) in [6, 6.07) is 11.1. The molecule has 0 amide bonds. The highest BCUT2D eigenvalue weighted by Gasteiger charge is 2.06. The van der Waals surface area contributed by atoms with E-state index in [-0.39, 0.29) is 0 Å². The lowest BCUT2D eigenvalue weighted by Gasteiger charge is -2.12. The number of anilines is 1. The number of ether oxygens (including phenoxy) is 2. The molecular weight excluding hydrogens is 286 g/mol. The van der Waals surface area contributed by atoms with E-state index in [1.807, 2.05) is 30.3 Å². The Morgan fingerprint density at radius 3 is 2.48 bits per heavy atom. The maximum absolute atomic E-state index is 6.11. The van der Waals surface area contributed by atoms with Gasteiger partial charge in [-0.2, -0.15) is 0 Å². The number of aryl methyl sites for hydroxylation is 1. The van der Waals surface area contributed by atoms with Gasteiger partial charge in [-0.25, -0.2) is 0 Å². The van der Waals surface area contributed by atoms with Crippen LogP contribution < -0.4 is 15.2 Å². The van der Waals surface area contributed by atoms with Crippen LogP contribution >= 0.6 is 11.6 Å².